The van der Waals surface area contributed by atoms with Crippen molar-refractivity contribution in [3.05, 3.63) is 72.2 Å². The van der Waals surface area contributed by atoms with E-state index in [2.05, 4.69) is 21.5 Å². The van der Waals surface area contributed by atoms with Gasteiger partial charge in [0.05, 0.1) is 12.9 Å². The van der Waals surface area contributed by atoms with Crippen LogP contribution in [0.3, 0.4) is 0 Å². The maximum absolute atomic E-state index is 13.0. The highest BCUT2D eigenvalue weighted by molar-refractivity contribution is 7.98. The van der Waals surface area contributed by atoms with Crippen LogP contribution in [0.1, 0.15) is 22.1 Å². The lowest BCUT2D eigenvalue weighted by Crippen LogP contribution is -2.07. The number of hydrogen-bond acceptors (Lipinski definition) is 7. The highest BCUT2D eigenvalue weighted by Gasteiger charge is 2.15. The first-order valence-corrected chi connectivity index (χ1v) is 9.30. The van der Waals surface area contributed by atoms with E-state index in [4.69, 9.17) is 9.15 Å². The number of ether oxygens (including phenoxy) is 2. The van der Waals surface area contributed by atoms with Gasteiger partial charge in [0.2, 0.25) is 5.76 Å². The Balaban J connectivity index is 1.66. The molecule has 1 aromatic carbocycles. The molecule has 3 aromatic rings. The van der Waals surface area contributed by atoms with Crippen molar-refractivity contribution in [3.63, 3.8) is 0 Å². The van der Waals surface area contributed by atoms with Gasteiger partial charge in [0.1, 0.15) is 23.9 Å². The number of carbonyl (C=O) groups excluding carboxylic acids is 1. The minimum atomic E-state index is -0.522. The van der Waals surface area contributed by atoms with E-state index in [-0.39, 0.29) is 18.2 Å². The van der Waals surface area contributed by atoms with Gasteiger partial charge in [-0.1, -0.05) is 17.8 Å². The zero-order valence-electron chi connectivity index (χ0n) is 15.1. The second kappa shape index (κ2) is 9.23. The van der Waals surface area contributed by atoms with Crippen LogP contribution in [-0.2, 0) is 23.6 Å². The monoisotopic (exact) mass is 403 g/mol. The SMILES string of the molecule is C=CCn1c(COc2ccc(F)cc2)nnc1SCc1ccc(C(=O)OC)o1. The Labute approximate surface area is 165 Å². The summed E-state index contributed by atoms with van der Waals surface area (Å²) in [5.74, 6) is 1.53. The third-order valence-corrected chi connectivity index (χ3v) is 4.67. The lowest BCUT2D eigenvalue weighted by molar-refractivity contribution is 0.0563. The molecule has 0 atom stereocenters. The average molecular weight is 403 g/mol. The molecule has 0 spiro atoms. The summed E-state index contributed by atoms with van der Waals surface area (Å²) >= 11 is 1.41. The van der Waals surface area contributed by atoms with Crippen molar-refractivity contribution < 1.29 is 23.1 Å². The van der Waals surface area contributed by atoms with Crippen molar-refractivity contribution in [1.82, 2.24) is 14.8 Å². The Morgan fingerprint density at radius 2 is 2.07 bits per heavy atom. The summed E-state index contributed by atoms with van der Waals surface area (Å²) < 4.78 is 30.6. The number of aromatic nitrogens is 3. The maximum Gasteiger partial charge on any atom is 0.373 e. The van der Waals surface area contributed by atoms with Crippen molar-refractivity contribution in [1.29, 1.82) is 0 Å². The lowest BCUT2D eigenvalue weighted by atomic mass is 10.3. The number of furan rings is 1. The summed E-state index contributed by atoms with van der Waals surface area (Å²) in [4.78, 5) is 11.5. The van der Waals surface area contributed by atoms with Gasteiger partial charge in [-0.3, -0.25) is 4.57 Å². The number of benzene rings is 1. The molecule has 0 fully saturated rings. The van der Waals surface area contributed by atoms with Gasteiger partial charge in [-0.05, 0) is 36.4 Å². The molecule has 0 radical (unpaired) electrons. The van der Waals surface area contributed by atoms with Crippen LogP contribution < -0.4 is 4.74 Å². The largest absolute Gasteiger partial charge is 0.486 e. The number of hydrogen-bond donors (Lipinski definition) is 0. The normalized spacial score (nSPS) is 10.6. The van der Waals surface area contributed by atoms with E-state index in [0.29, 0.717) is 34.8 Å². The van der Waals surface area contributed by atoms with Crippen molar-refractivity contribution in [2.75, 3.05) is 7.11 Å². The summed E-state index contributed by atoms with van der Waals surface area (Å²) in [6.45, 7) is 4.44. The molecule has 3 rings (SSSR count). The Morgan fingerprint density at radius 1 is 1.29 bits per heavy atom. The number of esters is 1. The number of nitrogens with zero attached hydrogens (tertiary/aromatic N) is 3. The second-order valence-electron chi connectivity index (χ2n) is 5.59. The third kappa shape index (κ3) is 4.80. The molecule has 0 bridgehead atoms. The van der Waals surface area contributed by atoms with Gasteiger partial charge >= 0.3 is 5.97 Å². The van der Waals surface area contributed by atoms with E-state index in [9.17, 15) is 9.18 Å². The molecule has 0 aliphatic rings. The van der Waals surface area contributed by atoms with E-state index in [1.54, 1.807) is 30.3 Å². The van der Waals surface area contributed by atoms with Crippen LogP contribution in [-0.4, -0.2) is 27.8 Å². The summed E-state index contributed by atoms with van der Waals surface area (Å²) in [5.41, 5.74) is 0. The number of rotatable bonds is 9. The minimum Gasteiger partial charge on any atom is -0.486 e. The van der Waals surface area contributed by atoms with Crippen LogP contribution in [0.15, 0.2) is 58.6 Å². The molecule has 0 saturated heterocycles. The minimum absolute atomic E-state index is 0.152. The highest BCUT2D eigenvalue weighted by Crippen LogP contribution is 2.24. The molecule has 0 aliphatic heterocycles. The summed E-state index contributed by atoms with van der Waals surface area (Å²) in [6.07, 6.45) is 1.73. The van der Waals surface area contributed by atoms with Gasteiger partial charge in [-0.2, -0.15) is 0 Å². The Morgan fingerprint density at radius 3 is 2.79 bits per heavy atom. The standard InChI is InChI=1S/C19H18FN3O4S/c1-3-10-23-17(11-26-14-6-4-13(20)5-7-14)21-22-19(23)28-12-15-8-9-16(27-15)18(24)25-2/h3-9H,1,10-12H2,2H3. The smallest absolute Gasteiger partial charge is 0.373 e. The topological polar surface area (TPSA) is 79.4 Å². The highest BCUT2D eigenvalue weighted by atomic mass is 32.2. The fraction of sp³-hybridized carbons (Fsp3) is 0.211. The van der Waals surface area contributed by atoms with E-state index in [0.717, 1.165) is 0 Å². The fourth-order valence-corrected chi connectivity index (χ4v) is 3.19. The second-order valence-corrected chi connectivity index (χ2v) is 6.53. The van der Waals surface area contributed by atoms with Gasteiger partial charge in [0.15, 0.2) is 11.0 Å². The van der Waals surface area contributed by atoms with E-state index in [1.165, 1.54) is 31.0 Å². The number of halogens is 1. The van der Waals surface area contributed by atoms with Gasteiger partial charge in [-0.25, -0.2) is 9.18 Å². The first kappa shape index (κ1) is 19.7. The van der Waals surface area contributed by atoms with Crippen LogP contribution in [0.5, 0.6) is 5.75 Å². The zero-order chi connectivity index (χ0) is 19.9. The predicted molar refractivity (Wildman–Crippen MR) is 101 cm³/mol. The number of allylic oxidation sites excluding steroid dienone is 1. The number of carbonyl (C=O) groups is 1. The molecule has 28 heavy (non-hydrogen) atoms. The maximum atomic E-state index is 13.0. The van der Waals surface area contributed by atoms with Gasteiger partial charge < -0.3 is 13.9 Å². The Hall–Kier alpha value is -3.07. The van der Waals surface area contributed by atoms with Crippen molar-refractivity contribution in [3.8, 4) is 5.75 Å². The molecule has 0 saturated carbocycles. The molecule has 0 aliphatic carbocycles. The van der Waals surface area contributed by atoms with E-state index in [1.807, 2.05) is 4.57 Å². The zero-order valence-corrected chi connectivity index (χ0v) is 15.9. The molecular weight excluding hydrogens is 385 g/mol. The molecule has 2 heterocycles. The Bertz CT molecular complexity index is 953. The first-order valence-electron chi connectivity index (χ1n) is 8.32. The van der Waals surface area contributed by atoms with E-state index >= 15 is 0 Å². The van der Waals surface area contributed by atoms with E-state index < -0.39 is 5.97 Å². The molecule has 0 N–H and O–H groups in total. The Kier molecular flexibility index (Phi) is 6.49. The lowest BCUT2D eigenvalue weighted by Gasteiger charge is -2.09. The van der Waals surface area contributed by atoms with Crippen LogP contribution in [0, 0.1) is 5.82 Å². The number of methoxy groups -OCH3 is 1. The van der Waals surface area contributed by atoms with Gasteiger partial charge in [0.25, 0.3) is 0 Å². The third-order valence-electron chi connectivity index (χ3n) is 3.68. The molecule has 146 valence electrons. The van der Waals surface area contributed by atoms with Crippen LogP contribution >= 0.6 is 11.8 Å². The predicted octanol–water partition coefficient (Wildman–Crippen LogP) is 3.85. The van der Waals surface area contributed by atoms with Crippen molar-refractivity contribution >= 4 is 17.7 Å². The summed E-state index contributed by atoms with van der Waals surface area (Å²) in [7, 11) is 1.30. The molecular formula is C19H18FN3O4S. The molecule has 2 aromatic heterocycles. The van der Waals surface area contributed by atoms with Crippen LogP contribution in [0.2, 0.25) is 0 Å². The quantitative estimate of drug-likeness (QED) is 0.305. The average Bonchev–Trinajstić information content (AvgIpc) is 3.33. The van der Waals surface area contributed by atoms with Crippen LogP contribution in [0.25, 0.3) is 0 Å². The number of thioether (sulfide) groups is 1. The summed E-state index contributed by atoms with van der Waals surface area (Å²) in [6, 6.07) is 9.04. The first-order chi connectivity index (χ1) is 13.6. The van der Waals surface area contributed by atoms with Gasteiger partial charge in [-0.15, -0.1) is 16.8 Å². The molecule has 7 nitrogen and oxygen atoms in total. The van der Waals surface area contributed by atoms with Gasteiger partial charge in [0, 0.05) is 6.54 Å². The molecule has 0 unspecified atom stereocenters. The van der Waals surface area contributed by atoms with Crippen molar-refractivity contribution in [2.45, 2.75) is 24.1 Å². The molecule has 9 heteroatoms. The van der Waals surface area contributed by atoms with Crippen LogP contribution in [0.4, 0.5) is 4.39 Å². The fourth-order valence-electron chi connectivity index (χ4n) is 2.33. The molecule has 0 amide bonds. The summed E-state index contributed by atoms with van der Waals surface area (Å²) in [5, 5.41) is 9.02. The van der Waals surface area contributed by atoms with Crippen molar-refractivity contribution in [2.24, 2.45) is 0 Å².